The zero-order valence-electron chi connectivity index (χ0n) is 20.7. The molecule has 0 saturated carbocycles. The maximum absolute atomic E-state index is 13.5. The predicted molar refractivity (Wildman–Crippen MR) is 147 cm³/mol. The number of hydrogen-bond acceptors (Lipinski definition) is 3. The van der Waals surface area contributed by atoms with Gasteiger partial charge in [-0.15, -0.1) is 0 Å². The molecule has 3 aromatic carbocycles. The van der Waals surface area contributed by atoms with Crippen LogP contribution in [0, 0.1) is 11.3 Å². The quantitative estimate of drug-likeness (QED) is 0.208. The van der Waals surface area contributed by atoms with Crippen molar-refractivity contribution in [2.24, 2.45) is 0 Å². The summed E-state index contributed by atoms with van der Waals surface area (Å²) in [6.45, 7) is 0.640. The van der Waals surface area contributed by atoms with Crippen molar-refractivity contribution in [1.29, 1.82) is 5.26 Å². The van der Waals surface area contributed by atoms with Gasteiger partial charge in [-0.1, -0.05) is 91.7 Å². The van der Waals surface area contributed by atoms with Gasteiger partial charge in [0.15, 0.2) is 0 Å². The summed E-state index contributed by atoms with van der Waals surface area (Å²) in [6.07, 6.45) is 8.04. The highest BCUT2D eigenvalue weighted by molar-refractivity contribution is 5.81. The van der Waals surface area contributed by atoms with Crippen LogP contribution in [-0.2, 0) is 6.54 Å². The van der Waals surface area contributed by atoms with Crippen LogP contribution in [-0.4, -0.2) is 18.7 Å². The lowest BCUT2D eigenvalue weighted by Gasteiger charge is -2.13. The van der Waals surface area contributed by atoms with Gasteiger partial charge in [0, 0.05) is 42.2 Å². The molecule has 0 saturated heterocycles. The number of imidazole rings is 2. The molecule has 0 aliphatic heterocycles. The Morgan fingerprint density at radius 3 is 2.03 bits per heavy atom. The predicted octanol–water partition coefficient (Wildman–Crippen LogP) is 6.63. The van der Waals surface area contributed by atoms with Crippen molar-refractivity contribution in [3.05, 3.63) is 114 Å². The third kappa shape index (κ3) is 5.17. The highest BCUT2D eigenvalue weighted by Gasteiger charge is 2.23. The van der Waals surface area contributed by atoms with E-state index in [-0.39, 0.29) is 5.69 Å². The molecule has 2 heterocycles. The second-order valence-electron chi connectivity index (χ2n) is 8.98. The summed E-state index contributed by atoms with van der Waals surface area (Å²) in [5.41, 5.74) is 4.59. The van der Waals surface area contributed by atoms with Gasteiger partial charge in [-0.2, -0.15) is 5.26 Å². The fourth-order valence-electron chi connectivity index (χ4n) is 4.63. The summed E-state index contributed by atoms with van der Waals surface area (Å²) >= 11 is 0. The molecule has 0 bridgehead atoms. The van der Waals surface area contributed by atoms with Gasteiger partial charge in [0.1, 0.15) is 0 Å². The van der Waals surface area contributed by atoms with Crippen LogP contribution in [0.2, 0.25) is 0 Å². The maximum atomic E-state index is 13.5. The molecule has 0 unspecified atom stereocenters. The van der Waals surface area contributed by atoms with Crippen molar-refractivity contribution in [2.45, 2.75) is 38.6 Å². The van der Waals surface area contributed by atoms with E-state index in [4.69, 9.17) is 10.2 Å². The number of nitrogens with zero attached hydrogens (tertiary/aromatic N) is 5. The van der Waals surface area contributed by atoms with Crippen LogP contribution < -0.4 is 5.69 Å². The molecule has 37 heavy (non-hydrogen) atoms. The first kappa shape index (κ1) is 24.1. The standard InChI is InChI=1S/C31H29N5O/c32-21-13-2-1-3-14-22-34-23-24-35(31(34)37)30-33-28(25-15-7-4-8-16-25)29(26-17-9-5-10-18-26)36(30)27-19-11-6-12-20-27/h4-12,15-20,23-24H,1-3,13-14,22H2. The van der Waals surface area contributed by atoms with Crippen LogP contribution in [0.4, 0.5) is 0 Å². The monoisotopic (exact) mass is 487 g/mol. The molecule has 5 rings (SSSR count). The lowest BCUT2D eigenvalue weighted by Crippen LogP contribution is -2.25. The van der Waals surface area contributed by atoms with E-state index < -0.39 is 0 Å². The molecular weight excluding hydrogens is 458 g/mol. The summed E-state index contributed by atoms with van der Waals surface area (Å²) < 4.78 is 5.46. The van der Waals surface area contributed by atoms with E-state index in [1.54, 1.807) is 9.13 Å². The zero-order valence-corrected chi connectivity index (χ0v) is 20.7. The van der Waals surface area contributed by atoms with Crippen molar-refractivity contribution in [2.75, 3.05) is 0 Å². The Morgan fingerprint density at radius 2 is 1.35 bits per heavy atom. The van der Waals surface area contributed by atoms with Gasteiger partial charge in [0.2, 0.25) is 5.95 Å². The first-order valence-electron chi connectivity index (χ1n) is 12.7. The number of aromatic nitrogens is 4. The summed E-state index contributed by atoms with van der Waals surface area (Å²) in [5, 5.41) is 8.71. The highest BCUT2D eigenvalue weighted by Crippen LogP contribution is 2.36. The molecule has 0 atom stereocenters. The topological polar surface area (TPSA) is 68.5 Å². The lowest BCUT2D eigenvalue weighted by atomic mass is 10.0. The van der Waals surface area contributed by atoms with E-state index in [1.807, 2.05) is 91.3 Å². The lowest BCUT2D eigenvalue weighted by molar-refractivity contribution is 0.561. The van der Waals surface area contributed by atoms with Crippen LogP contribution in [0.15, 0.2) is 108 Å². The van der Waals surface area contributed by atoms with E-state index in [1.165, 1.54) is 0 Å². The average molecular weight is 488 g/mol. The smallest absolute Gasteiger partial charge is 0.299 e. The van der Waals surface area contributed by atoms with Gasteiger partial charge in [-0.05, 0) is 25.0 Å². The van der Waals surface area contributed by atoms with Crippen molar-refractivity contribution in [3.63, 3.8) is 0 Å². The van der Waals surface area contributed by atoms with Crippen molar-refractivity contribution < 1.29 is 0 Å². The van der Waals surface area contributed by atoms with E-state index >= 15 is 0 Å². The third-order valence-corrected chi connectivity index (χ3v) is 6.47. The van der Waals surface area contributed by atoms with Crippen molar-refractivity contribution in [1.82, 2.24) is 18.7 Å². The largest absolute Gasteiger partial charge is 0.335 e. The van der Waals surface area contributed by atoms with Crippen LogP contribution in [0.25, 0.3) is 34.2 Å². The second kappa shape index (κ2) is 11.4. The molecule has 0 N–H and O–H groups in total. The molecule has 0 spiro atoms. The SMILES string of the molecule is N#CCCCCCCn1ccn(-c2nc(-c3ccccc3)c(-c3ccccc3)n2-c2ccccc2)c1=O. The number of unbranched alkanes of at least 4 members (excludes halogenated alkanes) is 4. The number of aryl methyl sites for hydroxylation is 1. The van der Waals surface area contributed by atoms with Crippen LogP contribution in [0.1, 0.15) is 32.1 Å². The van der Waals surface area contributed by atoms with Crippen LogP contribution in [0.3, 0.4) is 0 Å². The molecule has 0 aliphatic rings. The molecular formula is C31H29N5O. The molecule has 0 amide bonds. The average Bonchev–Trinajstić information content (AvgIpc) is 3.52. The Morgan fingerprint density at radius 1 is 0.730 bits per heavy atom. The van der Waals surface area contributed by atoms with Crippen LogP contribution in [0.5, 0.6) is 0 Å². The molecule has 6 heteroatoms. The maximum Gasteiger partial charge on any atom is 0.335 e. The fraction of sp³-hybridized carbons (Fsp3) is 0.194. The summed E-state index contributed by atoms with van der Waals surface area (Å²) in [5.74, 6) is 0.557. The molecule has 0 aliphatic carbocycles. The number of benzene rings is 3. The summed E-state index contributed by atoms with van der Waals surface area (Å²) in [4.78, 5) is 18.6. The Hall–Kier alpha value is -4.63. The van der Waals surface area contributed by atoms with Gasteiger partial charge in [-0.25, -0.2) is 14.3 Å². The Kier molecular flexibility index (Phi) is 7.42. The Balaban J connectivity index is 1.63. The molecule has 0 fully saturated rings. The van der Waals surface area contributed by atoms with Crippen LogP contribution >= 0.6 is 0 Å². The summed E-state index contributed by atoms with van der Waals surface area (Å²) in [6, 6.07) is 32.5. The van der Waals surface area contributed by atoms with E-state index in [2.05, 4.69) is 22.8 Å². The molecule has 184 valence electrons. The summed E-state index contributed by atoms with van der Waals surface area (Å²) in [7, 11) is 0. The Bertz CT molecular complexity index is 1540. The van der Waals surface area contributed by atoms with Gasteiger partial charge in [0.25, 0.3) is 0 Å². The minimum absolute atomic E-state index is 0.113. The van der Waals surface area contributed by atoms with Gasteiger partial charge in [0.05, 0.1) is 17.5 Å². The Labute approximate surface area is 216 Å². The molecule has 6 nitrogen and oxygen atoms in total. The zero-order chi connectivity index (χ0) is 25.5. The third-order valence-electron chi connectivity index (χ3n) is 6.47. The number of rotatable bonds is 10. The van der Waals surface area contributed by atoms with E-state index in [0.29, 0.717) is 18.9 Å². The number of nitriles is 1. The first-order valence-corrected chi connectivity index (χ1v) is 12.7. The number of hydrogen-bond donors (Lipinski definition) is 0. The van der Waals surface area contributed by atoms with Gasteiger partial charge >= 0.3 is 5.69 Å². The molecule has 5 aromatic rings. The second-order valence-corrected chi connectivity index (χ2v) is 8.98. The van der Waals surface area contributed by atoms with E-state index in [0.717, 1.165) is 53.9 Å². The first-order chi connectivity index (χ1) is 18.3. The molecule has 2 aromatic heterocycles. The highest BCUT2D eigenvalue weighted by atomic mass is 16.1. The fourth-order valence-corrected chi connectivity index (χ4v) is 4.63. The van der Waals surface area contributed by atoms with Gasteiger partial charge < -0.3 is 0 Å². The van der Waals surface area contributed by atoms with Crippen molar-refractivity contribution >= 4 is 0 Å². The molecule has 0 radical (unpaired) electrons. The van der Waals surface area contributed by atoms with E-state index in [9.17, 15) is 4.79 Å². The minimum Gasteiger partial charge on any atom is -0.299 e. The number of para-hydroxylation sites is 1. The van der Waals surface area contributed by atoms with Crippen molar-refractivity contribution in [3.8, 4) is 40.2 Å². The minimum atomic E-state index is -0.113. The normalized spacial score (nSPS) is 10.9. The van der Waals surface area contributed by atoms with Gasteiger partial charge in [-0.3, -0.25) is 9.13 Å².